The van der Waals surface area contributed by atoms with Crippen molar-refractivity contribution < 1.29 is 19.1 Å². The van der Waals surface area contributed by atoms with Gasteiger partial charge in [0.2, 0.25) is 5.91 Å². The third-order valence-electron chi connectivity index (χ3n) is 5.44. The maximum Gasteiger partial charge on any atom is 0.263 e. The van der Waals surface area contributed by atoms with E-state index in [1.54, 1.807) is 18.0 Å². The molecule has 3 heterocycles. The van der Waals surface area contributed by atoms with Crippen molar-refractivity contribution in [2.75, 3.05) is 31.6 Å². The van der Waals surface area contributed by atoms with E-state index in [1.165, 1.54) is 11.3 Å². The Balaban J connectivity index is 1.46. The van der Waals surface area contributed by atoms with Crippen LogP contribution in [0, 0.1) is 5.92 Å². The average molecular weight is 413 g/mol. The fraction of sp³-hybridized carbons (Fsp3) is 0.381. The fourth-order valence-electron chi connectivity index (χ4n) is 3.85. The number of para-hydroxylation sites is 2. The van der Waals surface area contributed by atoms with E-state index in [2.05, 4.69) is 5.32 Å². The van der Waals surface area contributed by atoms with E-state index < -0.39 is 6.10 Å². The Bertz CT molecular complexity index is 906. The van der Waals surface area contributed by atoms with E-state index in [4.69, 9.17) is 4.74 Å². The molecule has 1 fully saturated rings. The maximum atomic E-state index is 13.3. The normalized spacial score (nSPS) is 19.3. The van der Waals surface area contributed by atoms with Crippen LogP contribution in [0.25, 0.3) is 0 Å². The second-order valence-corrected chi connectivity index (χ2v) is 8.13. The van der Waals surface area contributed by atoms with Gasteiger partial charge in [-0.15, -0.1) is 11.3 Å². The number of anilines is 1. The number of nitrogens with zero attached hydrogens (tertiary/aromatic N) is 2. The van der Waals surface area contributed by atoms with Gasteiger partial charge in [-0.2, -0.15) is 0 Å². The zero-order valence-electron chi connectivity index (χ0n) is 16.2. The van der Waals surface area contributed by atoms with Crippen LogP contribution in [0.15, 0.2) is 41.8 Å². The van der Waals surface area contributed by atoms with Gasteiger partial charge in [-0.05, 0) is 36.4 Å². The molecule has 1 saturated heterocycles. The number of nitrogens with one attached hydrogen (secondary N) is 1. The number of fused-ring (bicyclic) bond motifs is 1. The van der Waals surface area contributed by atoms with Gasteiger partial charge in [0.1, 0.15) is 5.75 Å². The number of carbonyl (C=O) groups is 3. The van der Waals surface area contributed by atoms with E-state index in [-0.39, 0.29) is 30.2 Å². The smallest absolute Gasteiger partial charge is 0.263 e. The molecule has 0 aliphatic carbocycles. The Kier molecular flexibility index (Phi) is 5.53. The van der Waals surface area contributed by atoms with E-state index in [0.717, 1.165) is 4.88 Å². The number of amides is 3. The van der Waals surface area contributed by atoms with Gasteiger partial charge < -0.3 is 19.9 Å². The summed E-state index contributed by atoms with van der Waals surface area (Å²) < 4.78 is 5.78. The molecule has 4 rings (SSSR count). The first-order valence-corrected chi connectivity index (χ1v) is 10.6. The molecule has 1 aromatic carbocycles. The zero-order chi connectivity index (χ0) is 20.4. The van der Waals surface area contributed by atoms with Crippen molar-refractivity contribution in [2.45, 2.75) is 18.9 Å². The quantitative estimate of drug-likeness (QED) is 0.836. The molecule has 29 heavy (non-hydrogen) atoms. The van der Waals surface area contributed by atoms with Gasteiger partial charge in [0.25, 0.3) is 11.8 Å². The molecule has 0 unspecified atom stereocenters. The van der Waals surface area contributed by atoms with Crippen molar-refractivity contribution in [1.82, 2.24) is 10.2 Å². The van der Waals surface area contributed by atoms with Crippen LogP contribution in [-0.4, -0.2) is 55.4 Å². The van der Waals surface area contributed by atoms with Crippen molar-refractivity contribution in [1.29, 1.82) is 0 Å². The number of hydrogen-bond acceptors (Lipinski definition) is 5. The Morgan fingerprint density at radius 2 is 1.86 bits per heavy atom. The van der Waals surface area contributed by atoms with Gasteiger partial charge >= 0.3 is 0 Å². The summed E-state index contributed by atoms with van der Waals surface area (Å²) in [7, 11) is 1.55. The van der Waals surface area contributed by atoms with Crippen LogP contribution in [0.2, 0.25) is 0 Å². The summed E-state index contributed by atoms with van der Waals surface area (Å²) in [6.07, 6.45) is 0.486. The zero-order valence-corrected chi connectivity index (χ0v) is 17.0. The van der Waals surface area contributed by atoms with Crippen molar-refractivity contribution in [3.05, 3.63) is 46.7 Å². The maximum absolute atomic E-state index is 13.3. The van der Waals surface area contributed by atoms with Crippen molar-refractivity contribution in [2.24, 2.45) is 5.92 Å². The van der Waals surface area contributed by atoms with Crippen LogP contribution in [0.1, 0.15) is 22.5 Å². The highest BCUT2D eigenvalue weighted by atomic mass is 32.1. The molecule has 0 bridgehead atoms. The second-order valence-electron chi connectivity index (χ2n) is 7.18. The highest BCUT2D eigenvalue weighted by Gasteiger charge is 2.37. The molecule has 1 aromatic heterocycles. The lowest BCUT2D eigenvalue weighted by molar-refractivity contribution is -0.128. The van der Waals surface area contributed by atoms with Crippen molar-refractivity contribution in [3.8, 4) is 5.75 Å². The Morgan fingerprint density at radius 3 is 2.55 bits per heavy atom. The van der Waals surface area contributed by atoms with Crippen LogP contribution in [-0.2, 0) is 9.59 Å². The number of likely N-dealkylation sites (N-methyl/N-ethyl adjacent to an activating group) is 1. The highest BCUT2D eigenvalue weighted by Crippen LogP contribution is 2.35. The fourth-order valence-corrected chi connectivity index (χ4v) is 4.54. The first kappa shape index (κ1) is 19.4. The van der Waals surface area contributed by atoms with Crippen molar-refractivity contribution >= 4 is 34.7 Å². The minimum absolute atomic E-state index is 0.0159. The van der Waals surface area contributed by atoms with Crippen LogP contribution in [0.4, 0.5) is 5.69 Å². The Hall–Kier alpha value is -2.87. The molecule has 2 aromatic rings. The van der Waals surface area contributed by atoms with Gasteiger partial charge in [-0.3, -0.25) is 14.4 Å². The Morgan fingerprint density at radius 1 is 1.10 bits per heavy atom. The molecular weight excluding hydrogens is 390 g/mol. The number of rotatable bonds is 3. The molecule has 3 amide bonds. The van der Waals surface area contributed by atoms with Gasteiger partial charge in [0, 0.05) is 26.1 Å². The molecule has 7 nitrogen and oxygen atoms in total. The third-order valence-corrected chi connectivity index (χ3v) is 6.30. The minimum Gasteiger partial charge on any atom is -0.477 e. The van der Waals surface area contributed by atoms with E-state index in [1.807, 2.05) is 40.6 Å². The second kappa shape index (κ2) is 8.24. The van der Waals surface area contributed by atoms with E-state index >= 15 is 0 Å². The summed E-state index contributed by atoms with van der Waals surface area (Å²) in [5.74, 6) is 0.110. The third kappa shape index (κ3) is 3.85. The van der Waals surface area contributed by atoms with Gasteiger partial charge in [0.15, 0.2) is 6.10 Å². The molecule has 0 radical (unpaired) electrons. The number of hydrogen-bond donors (Lipinski definition) is 1. The average Bonchev–Trinajstić information content (AvgIpc) is 3.32. The van der Waals surface area contributed by atoms with E-state index in [0.29, 0.717) is 37.4 Å². The van der Waals surface area contributed by atoms with E-state index in [9.17, 15) is 14.4 Å². The summed E-state index contributed by atoms with van der Waals surface area (Å²) in [6, 6.07) is 11.0. The van der Waals surface area contributed by atoms with Gasteiger partial charge in [-0.1, -0.05) is 18.2 Å². The molecule has 1 atom stereocenters. The topological polar surface area (TPSA) is 79.0 Å². The molecule has 2 aliphatic rings. The summed E-state index contributed by atoms with van der Waals surface area (Å²) in [5, 5.41) is 4.48. The highest BCUT2D eigenvalue weighted by molar-refractivity contribution is 7.12. The molecular formula is C21H23N3O4S. The number of ether oxygens (including phenoxy) is 1. The molecule has 0 spiro atoms. The lowest BCUT2D eigenvalue weighted by Crippen LogP contribution is -2.52. The number of benzene rings is 1. The summed E-state index contributed by atoms with van der Waals surface area (Å²) in [4.78, 5) is 42.2. The summed E-state index contributed by atoms with van der Waals surface area (Å²) in [6.45, 7) is 1.29. The predicted molar refractivity (Wildman–Crippen MR) is 110 cm³/mol. The lowest BCUT2D eigenvalue weighted by Gasteiger charge is -2.38. The van der Waals surface area contributed by atoms with Crippen molar-refractivity contribution in [3.63, 3.8) is 0 Å². The largest absolute Gasteiger partial charge is 0.477 e. The number of piperidine rings is 1. The molecule has 1 N–H and O–H groups in total. The Labute approximate surface area is 173 Å². The number of carbonyl (C=O) groups excluding carboxylic acids is 3. The number of likely N-dealkylation sites (tertiary alicyclic amines) is 1. The predicted octanol–water partition coefficient (Wildman–Crippen LogP) is 2.14. The van der Waals surface area contributed by atoms with Crippen LogP contribution in [0.5, 0.6) is 5.75 Å². The van der Waals surface area contributed by atoms with Gasteiger partial charge in [-0.25, -0.2) is 0 Å². The standard InChI is InChI=1S/C21H23N3O4S/c1-22-19(25)17-13-24(15-5-2-3-6-16(15)28-17)20(26)14-8-10-23(11-9-14)21(27)18-7-4-12-29-18/h2-7,12,14,17H,8-11,13H2,1H3,(H,22,25)/t17-/m1/s1. The lowest BCUT2D eigenvalue weighted by atomic mass is 9.94. The van der Waals surface area contributed by atoms with Crippen LogP contribution >= 0.6 is 11.3 Å². The summed E-state index contributed by atoms with van der Waals surface area (Å²) in [5.41, 5.74) is 0.690. The number of thiophene rings is 1. The summed E-state index contributed by atoms with van der Waals surface area (Å²) >= 11 is 1.43. The van der Waals surface area contributed by atoms with Gasteiger partial charge in [0.05, 0.1) is 17.1 Å². The first-order chi connectivity index (χ1) is 14.1. The molecule has 8 heteroatoms. The van der Waals surface area contributed by atoms with Crippen LogP contribution in [0.3, 0.4) is 0 Å². The monoisotopic (exact) mass is 413 g/mol. The SMILES string of the molecule is CNC(=O)[C@H]1CN(C(=O)C2CCN(C(=O)c3cccs3)CC2)c2ccccc2O1. The van der Waals surface area contributed by atoms with Crippen LogP contribution < -0.4 is 15.0 Å². The molecule has 0 saturated carbocycles. The minimum atomic E-state index is -0.737. The molecule has 152 valence electrons. The molecule has 2 aliphatic heterocycles. The first-order valence-electron chi connectivity index (χ1n) is 9.70.